The molecule has 1 aliphatic carbocycles. The molecule has 0 saturated heterocycles. The molecule has 0 saturated carbocycles. The summed E-state index contributed by atoms with van der Waals surface area (Å²) in [7, 11) is 1.28. The molecule has 0 spiro atoms. The minimum Gasteiger partial charge on any atom is -0.466 e. The fourth-order valence-electron chi connectivity index (χ4n) is 1.16. The summed E-state index contributed by atoms with van der Waals surface area (Å²) >= 11 is 0. The lowest BCUT2D eigenvalue weighted by Crippen LogP contribution is -1.99. The third kappa shape index (κ3) is 2.45. The molecule has 0 aromatic carbocycles. The van der Waals surface area contributed by atoms with Crippen LogP contribution in [-0.2, 0) is 19.1 Å². The van der Waals surface area contributed by atoms with Crippen LogP contribution >= 0.6 is 0 Å². The maximum Gasteiger partial charge on any atom is 0.333 e. The quantitative estimate of drug-likeness (QED) is 0.388. The summed E-state index contributed by atoms with van der Waals surface area (Å²) in [4.78, 5) is 21.9. The van der Waals surface area contributed by atoms with Gasteiger partial charge >= 0.3 is 5.97 Å². The average molecular weight is 196 g/mol. The van der Waals surface area contributed by atoms with E-state index in [-0.39, 0.29) is 5.78 Å². The van der Waals surface area contributed by atoms with Crippen LogP contribution in [-0.4, -0.2) is 18.9 Å². The van der Waals surface area contributed by atoms with Crippen LogP contribution in [0.15, 0.2) is 23.7 Å². The Morgan fingerprint density at radius 2 is 2.14 bits per heavy atom. The summed E-state index contributed by atoms with van der Waals surface area (Å²) < 4.78 is 9.41. The Balaban J connectivity index is 2.53. The molecule has 0 N–H and O–H groups in total. The van der Waals surface area contributed by atoms with Gasteiger partial charge in [0.25, 0.3) is 0 Å². The molecular weight excluding hydrogens is 184 g/mol. The molecule has 0 aromatic heterocycles. The van der Waals surface area contributed by atoms with E-state index >= 15 is 0 Å². The molecule has 1 aliphatic rings. The molecule has 0 atom stereocenters. The number of hydrogen-bond acceptors (Lipinski definition) is 4. The highest BCUT2D eigenvalue weighted by Gasteiger charge is 2.20. The number of carbonyl (C=O) groups excluding carboxylic acids is 2. The number of methoxy groups -OCH3 is 1. The number of carbonyl (C=O) groups is 2. The Kier molecular flexibility index (Phi) is 3.45. The SMILES string of the molecule is COC(=O)/C=C\OC1=C(C)CCC1=O. The van der Waals surface area contributed by atoms with Crippen molar-refractivity contribution in [1.82, 2.24) is 0 Å². The molecule has 4 nitrogen and oxygen atoms in total. The van der Waals surface area contributed by atoms with Crippen LogP contribution in [0.3, 0.4) is 0 Å². The number of ketones is 1. The van der Waals surface area contributed by atoms with Gasteiger partial charge in [-0.05, 0) is 18.9 Å². The van der Waals surface area contributed by atoms with Crippen molar-refractivity contribution in [1.29, 1.82) is 0 Å². The van der Waals surface area contributed by atoms with Crippen molar-refractivity contribution in [3.8, 4) is 0 Å². The van der Waals surface area contributed by atoms with E-state index < -0.39 is 5.97 Å². The first kappa shape index (κ1) is 10.5. The Bertz CT molecular complexity index is 312. The lowest BCUT2D eigenvalue weighted by Gasteiger charge is -1.99. The van der Waals surface area contributed by atoms with Crippen molar-refractivity contribution in [2.75, 3.05) is 7.11 Å². The molecule has 0 radical (unpaired) electrons. The van der Waals surface area contributed by atoms with E-state index in [4.69, 9.17) is 4.74 Å². The molecule has 0 bridgehead atoms. The van der Waals surface area contributed by atoms with Crippen LogP contribution in [0.1, 0.15) is 19.8 Å². The zero-order chi connectivity index (χ0) is 10.6. The lowest BCUT2D eigenvalue weighted by molar-refractivity contribution is -0.135. The number of esters is 1. The highest BCUT2D eigenvalue weighted by molar-refractivity contribution is 5.96. The molecule has 0 aliphatic heterocycles. The van der Waals surface area contributed by atoms with Gasteiger partial charge in [-0.2, -0.15) is 0 Å². The molecule has 0 amide bonds. The standard InChI is InChI=1S/C10H12O4/c1-7-3-4-8(11)10(7)14-6-5-9(12)13-2/h5-6H,3-4H2,1-2H3/b6-5-. The van der Waals surface area contributed by atoms with Crippen molar-refractivity contribution in [3.63, 3.8) is 0 Å². The Morgan fingerprint density at radius 1 is 1.43 bits per heavy atom. The topological polar surface area (TPSA) is 52.6 Å². The molecule has 1 rings (SSSR count). The molecule has 0 fully saturated rings. The largest absolute Gasteiger partial charge is 0.466 e. The van der Waals surface area contributed by atoms with Gasteiger partial charge < -0.3 is 9.47 Å². The van der Waals surface area contributed by atoms with E-state index in [0.29, 0.717) is 12.2 Å². The zero-order valence-corrected chi connectivity index (χ0v) is 8.20. The molecule has 0 heterocycles. The first-order valence-corrected chi connectivity index (χ1v) is 4.29. The van der Waals surface area contributed by atoms with Gasteiger partial charge in [-0.25, -0.2) is 4.79 Å². The van der Waals surface area contributed by atoms with Gasteiger partial charge in [-0.3, -0.25) is 4.79 Å². The Labute approximate surface area is 82.2 Å². The van der Waals surface area contributed by atoms with E-state index in [9.17, 15) is 9.59 Å². The van der Waals surface area contributed by atoms with E-state index in [0.717, 1.165) is 18.1 Å². The third-order valence-corrected chi connectivity index (χ3v) is 1.96. The summed E-state index contributed by atoms with van der Waals surface area (Å²) in [5.74, 6) is -0.170. The van der Waals surface area contributed by atoms with Gasteiger partial charge in [0.1, 0.15) is 0 Å². The minimum absolute atomic E-state index is 0.0167. The van der Waals surface area contributed by atoms with Crippen LogP contribution in [0.5, 0.6) is 0 Å². The van der Waals surface area contributed by atoms with Gasteiger partial charge in [0.05, 0.1) is 19.4 Å². The fraction of sp³-hybridized carbons (Fsp3) is 0.400. The van der Waals surface area contributed by atoms with Gasteiger partial charge in [0, 0.05) is 6.42 Å². The average Bonchev–Trinajstić information content (AvgIpc) is 2.48. The van der Waals surface area contributed by atoms with Crippen LogP contribution in [0, 0.1) is 0 Å². The van der Waals surface area contributed by atoms with E-state index in [1.807, 2.05) is 6.92 Å². The number of allylic oxidation sites excluding steroid dienone is 2. The summed E-state index contributed by atoms with van der Waals surface area (Å²) in [6.07, 6.45) is 3.53. The first-order chi connectivity index (χ1) is 6.65. The number of Topliss-reactive ketones (excluding diaryl/α,β-unsaturated/α-hetero) is 1. The Hall–Kier alpha value is -1.58. The number of ether oxygens (including phenoxy) is 2. The smallest absolute Gasteiger partial charge is 0.333 e. The fourth-order valence-corrected chi connectivity index (χ4v) is 1.16. The van der Waals surface area contributed by atoms with Gasteiger partial charge in [-0.1, -0.05) is 0 Å². The minimum atomic E-state index is -0.506. The number of rotatable bonds is 3. The van der Waals surface area contributed by atoms with Crippen molar-refractivity contribution in [2.45, 2.75) is 19.8 Å². The first-order valence-electron chi connectivity index (χ1n) is 4.29. The van der Waals surface area contributed by atoms with Crippen molar-refractivity contribution >= 4 is 11.8 Å². The maximum absolute atomic E-state index is 11.2. The number of hydrogen-bond donors (Lipinski definition) is 0. The van der Waals surface area contributed by atoms with E-state index in [1.165, 1.54) is 13.4 Å². The second-order valence-corrected chi connectivity index (χ2v) is 2.98. The highest BCUT2D eigenvalue weighted by atomic mass is 16.5. The lowest BCUT2D eigenvalue weighted by atomic mass is 10.3. The second kappa shape index (κ2) is 4.60. The van der Waals surface area contributed by atoms with E-state index in [2.05, 4.69) is 4.74 Å². The summed E-state index contributed by atoms with van der Waals surface area (Å²) in [6, 6.07) is 0. The van der Waals surface area contributed by atoms with Crippen molar-refractivity contribution in [2.24, 2.45) is 0 Å². The molecule has 0 unspecified atom stereocenters. The molecule has 76 valence electrons. The van der Waals surface area contributed by atoms with Crippen LogP contribution in [0.25, 0.3) is 0 Å². The predicted molar refractivity (Wildman–Crippen MR) is 49.2 cm³/mol. The summed E-state index contributed by atoms with van der Waals surface area (Å²) in [5.41, 5.74) is 0.921. The third-order valence-electron chi connectivity index (χ3n) is 1.96. The van der Waals surface area contributed by atoms with Gasteiger partial charge in [0.15, 0.2) is 11.5 Å². The van der Waals surface area contributed by atoms with Crippen molar-refractivity contribution < 1.29 is 19.1 Å². The summed E-state index contributed by atoms with van der Waals surface area (Å²) in [6.45, 7) is 1.84. The predicted octanol–water partition coefficient (Wildman–Crippen LogP) is 1.33. The molecule has 4 heteroatoms. The van der Waals surface area contributed by atoms with E-state index in [1.54, 1.807) is 0 Å². The zero-order valence-electron chi connectivity index (χ0n) is 8.20. The highest BCUT2D eigenvalue weighted by Crippen LogP contribution is 2.23. The van der Waals surface area contributed by atoms with Gasteiger partial charge in [-0.15, -0.1) is 0 Å². The Morgan fingerprint density at radius 3 is 2.64 bits per heavy atom. The van der Waals surface area contributed by atoms with Crippen molar-refractivity contribution in [3.05, 3.63) is 23.7 Å². The molecule has 0 aromatic rings. The normalized spacial score (nSPS) is 16.6. The van der Waals surface area contributed by atoms with Crippen LogP contribution < -0.4 is 0 Å². The van der Waals surface area contributed by atoms with Crippen LogP contribution in [0.2, 0.25) is 0 Å². The monoisotopic (exact) mass is 196 g/mol. The maximum atomic E-state index is 11.2. The summed E-state index contributed by atoms with van der Waals surface area (Å²) in [5, 5.41) is 0. The van der Waals surface area contributed by atoms with Crippen LogP contribution in [0.4, 0.5) is 0 Å². The molecule has 14 heavy (non-hydrogen) atoms. The van der Waals surface area contributed by atoms with Gasteiger partial charge in [0.2, 0.25) is 0 Å². The molecular formula is C10H12O4. The second-order valence-electron chi connectivity index (χ2n) is 2.98.